The normalized spacial score (nSPS) is 32.1. The Morgan fingerprint density at radius 3 is 2.71 bits per heavy atom. The summed E-state index contributed by atoms with van der Waals surface area (Å²) in [4.78, 5) is 2.57. The molecule has 2 fully saturated rings. The number of nitrogens with one attached hydrogen (secondary N) is 1. The number of rotatable bonds is 5. The molecule has 3 heteroatoms. The van der Waals surface area contributed by atoms with Gasteiger partial charge >= 0.3 is 0 Å². The van der Waals surface area contributed by atoms with Crippen molar-refractivity contribution in [2.75, 3.05) is 32.8 Å². The first-order valence-corrected chi connectivity index (χ1v) is 7.40. The molecule has 1 saturated heterocycles. The van der Waals surface area contributed by atoms with Crippen LogP contribution in [0.3, 0.4) is 0 Å². The van der Waals surface area contributed by atoms with Gasteiger partial charge in [0.25, 0.3) is 0 Å². The Labute approximate surface area is 106 Å². The Kier molecular flexibility index (Phi) is 5.26. The van der Waals surface area contributed by atoms with Crippen LogP contribution in [-0.2, 0) is 0 Å². The molecule has 1 aliphatic carbocycles. The van der Waals surface area contributed by atoms with Crippen molar-refractivity contribution in [3.63, 3.8) is 0 Å². The van der Waals surface area contributed by atoms with E-state index in [1.807, 2.05) is 0 Å². The van der Waals surface area contributed by atoms with Gasteiger partial charge in [-0.25, -0.2) is 0 Å². The summed E-state index contributed by atoms with van der Waals surface area (Å²) >= 11 is 0. The van der Waals surface area contributed by atoms with E-state index in [-0.39, 0.29) is 12.6 Å². The zero-order valence-electron chi connectivity index (χ0n) is 11.2. The third kappa shape index (κ3) is 3.67. The largest absolute Gasteiger partial charge is 0.395 e. The average molecular weight is 240 g/mol. The van der Waals surface area contributed by atoms with Gasteiger partial charge in [-0.1, -0.05) is 26.2 Å². The number of piperidine rings is 1. The van der Waals surface area contributed by atoms with Crippen LogP contribution in [0.4, 0.5) is 0 Å². The van der Waals surface area contributed by atoms with Gasteiger partial charge in [0.1, 0.15) is 0 Å². The van der Waals surface area contributed by atoms with E-state index in [4.69, 9.17) is 0 Å². The zero-order valence-corrected chi connectivity index (χ0v) is 11.2. The number of fused-ring (bicyclic) bond motifs is 1. The van der Waals surface area contributed by atoms with E-state index >= 15 is 0 Å². The van der Waals surface area contributed by atoms with Crippen LogP contribution in [0, 0.1) is 11.8 Å². The van der Waals surface area contributed by atoms with Crippen molar-refractivity contribution in [2.45, 2.75) is 45.1 Å². The lowest BCUT2D eigenvalue weighted by Gasteiger charge is -2.42. The number of hydrogen-bond donors (Lipinski definition) is 2. The predicted molar refractivity (Wildman–Crippen MR) is 71.1 cm³/mol. The highest BCUT2D eigenvalue weighted by Gasteiger charge is 2.31. The summed E-state index contributed by atoms with van der Waals surface area (Å²) in [6.07, 6.45) is 7.18. The van der Waals surface area contributed by atoms with Crippen LogP contribution in [0.1, 0.15) is 39.0 Å². The van der Waals surface area contributed by atoms with Crippen molar-refractivity contribution in [2.24, 2.45) is 11.8 Å². The fourth-order valence-electron chi connectivity index (χ4n) is 3.63. The fourth-order valence-corrected chi connectivity index (χ4v) is 3.63. The van der Waals surface area contributed by atoms with Crippen molar-refractivity contribution in [3.8, 4) is 0 Å². The molecule has 3 atom stereocenters. The predicted octanol–water partition coefficient (Wildman–Crippen LogP) is 1.47. The molecule has 0 aromatic heterocycles. The second kappa shape index (κ2) is 6.72. The average Bonchev–Trinajstić information content (AvgIpc) is 2.38. The second-order valence-electron chi connectivity index (χ2n) is 5.79. The van der Waals surface area contributed by atoms with Crippen molar-refractivity contribution in [3.05, 3.63) is 0 Å². The lowest BCUT2D eigenvalue weighted by Crippen LogP contribution is -2.49. The molecule has 0 bridgehead atoms. The van der Waals surface area contributed by atoms with Crippen LogP contribution in [0.15, 0.2) is 0 Å². The van der Waals surface area contributed by atoms with Crippen LogP contribution in [0.2, 0.25) is 0 Å². The Bertz CT molecular complexity index is 220. The summed E-state index contributed by atoms with van der Waals surface area (Å²) in [5, 5.41) is 12.7. The maximum atomic E-state index is 9.33. The molecule has 0 radical (unpaired) electrons. The summed E-state index contributed by atoms with van der Waals surface area (Å²) in [5.74, 6) is 1.95. The number of nitrogens with zero attached hydrogens (tertiary/aromatic N) is 1. The number of likely N-dealkylation sites (N-methyl/N-ethyl adjacent to an activating group) is 1. The smallest absolute Gasteiger partial charge is 0.0597 e. The molecular formula is C14H28N2O. The van der Waals surface area contributed by atoms with Gasteiger partial charge < -0.3 is 15.3 Å². The molecule has 1 heterocycles. The molecule has 0 spiro atoms. The topological polar surface area (TPSA) is 35.5 Å². The second-order valence-corrected chi connectivity index (χ2v) is 5.79. The van der Waals surface area contributed by atoms with E-state index in [1.165, 1.54) is 45.2 Å². The molecule has 0 aromatic rings. The van der Waals surface area contributed by atoms with E-state index in [0.717, 1.165) is 24.9 Å². The number of aliphatic hydroxyl groups excluding tert-OH is 1. The minimum absolute atomic E-state index is 0.262. The van der Waals surface area contributed by atoms with Crippen molar-refractivity contribution in [1.29, 1.82) is 0 Å². The molecule has 0 aromatic carbocycles. The standard InChI is InChI=1S/C14H28N2O/c1-2-15-14(11-17)10-16-8-7-12-5-3-4-6-13(12)9-16/h12-15,17H,2-11H2,1H3. The quantitative estimate of drug-likeness (QED) is 0.764. The lowest BCUT2D eigenvalue weighted by molar-refractivity contribution is 0.0727. The van der Waals surface area contributed by atoms with Gasteiger partial charge in [-0.05, 0) is 37.8 Å². The van der Waals surface area contributed by atoms with Gasteiger partial charge in [0.05, 0.1) is 6.61 Å². The number of likely N-dealkylation sites (tertiary alicyclic amines) is 1. The van der Waals surface area contributed by atoms with Crippen molar-refractivity contribution in [1.82, 2.24) is 10.2 Å². The van der Waals surface area contributed by atoms with Gasteiger partial charge in [-0.2, -0.15) is 0 Å². The first kappa shape index (κ1) is 13.3. The summed E-state index contributed by atoms with van der Waals surface area (Å²) in [7, 11) is 0. The highest BCUT2D eigenvalue weighted by atomic mass is 16.3. The lowest BCUT2D eigenvalue weighted by atomic mass is 9.75. The molecule has 2 rings (SSSR count). The van der Waals surface area contributed by atoms with Crippen LogP contribution >= 0.6 is 0 Å². The maximum absolute atomic E-state index is 9.33. The number of aliphatic hydroxyl groups is 1. The summed E-state index contributed by atoms with van der Waals surface area (Å²) in [6, 6.07) is 0.264. The highest BCUT2D eigenvalue weighted by Crippen LogP contribution is 2.35. The van der Waals surface area contributed by atoms with Gasteiger partial charge in [-0.3, -0.25) is 0 Å². The van der Waals surface area contributed by atoms with E-state index in [0.29, 0.717) is 0 Å². The molecule has 3 nitrogen and oxygen atoms in total. The monoisotopic (exact) mass is 240 g/mol. The van der Waals surface area contributed by atoms with Gasteiger partial charge in [0.2, 0.25) is 0 Å². The molecule has 2 N–H and O–H groups in total. The van der Waals surface area contributed by atoms with Crippen molar-refractivity contribution >= 4 is 0 Å². The zero-order chi connectivity index (χ0) is 12.1. The van der Waals surface area contributed by atoms with E-state index < -0.39 is 0 Å². The third-order valence-corrected chi connectivity index (χ3v) is 4.57. The van der Waals surface area contributed by atoms with Crippen LogP contribution in [0.25, 0.3) is 0 Å². The number of hydrogen-bond acceptors (Lipinski definition) is 3. The molecule has 2 aliphatic rings. The minimum atomic E-state index is 0.262. The molecule has 3 unspecified atom stereocenters. The van der Waals surface area contributed by atoms with E-state index in [2.05, 4.69) is 17.1 Å². The highest BCUT2D eigenvalue weighted by molar-refractivity contribution is 4.85. The van der Waals surface area contributed by atoms with Gasteiger partial charge in [0.15, 0.2) is 0 Å². The van der Waals surface area contributed by atoms with Gasteiger partial charge in [-0.15, -0.1) is 0 Å². The van der Waals surface area contributed by atoms with Crippen LogP contribution < -0.4 is 5.32 Å². The first-order valence-electron chi connectivity index (χ1n) is 7.40. The third-order valence-electron chi connectivity index (χ3n) is 4.57. The van der Waals surface area contributed by atoms with Gasteiger partial charge in [0, 0.05) is 19.1 Å². The molecule has 17 heavy (non-hydrogen) atoms. The Morgan fingerprint density at radius 1 is 1.24 bits per heavy atom. The first-order chi connectivity index (χ1) is 8.33. The fraction of sp³-hybridized carbons (Fsp3) is 1.00. The molecule has 0 amide bonds. The van der Waals surface area contributed by atoms with Crippen molar-refractivity contribution < 1.29 is 5.11 Å². The van der Waals surface area contributed by atoms with E-state index in [9.17, 15) is 5.11 Å². The molecule has 1 aliphatic heterocycles. The molecule has 1 saturated carbocycles. The molecule has 100 valence electrons. The van der Waals surface area contributed by atoms with E-state index in [1.54, 1.807) is 0 Å². The van der Waals surface area contributed by atoms with Crippen LogP contribution in [0.5, 0.6) is 0 Å². The Hall–Kier alpha value is -0.120. The summed E-state index contributed by atoms with van der Waals surface area (Å²) in [6.45, 7) is 6.85. The Morgan fingerprint density at radius 2 is 2.00 bits per heavy atom. The van der Waals surface area contributed by atoms with Crippen LogP contribution in [-0.4, -0.2) is 48.8 Å². The molecular weight excluding hydrogens is 212 g/mol. The SMILES string of the molecule is CCNC(CO)CN1CCC2CCCCC2C1. The summed E-state index contributed by atoms with van der Waals surface area (Å²) < 4.78 is 0. The Balaban J connectivity index is 1.78. The summed E-state index contributed by atoms with van der Waals surface area (Å²) in [5.41, 5.74) is 0. The maximum Gasteiger partial charge on any atom is 0.0597 e. The minimum Gasteiger partial charge on any atom is -0.395 e.